The van der Waals surface area contributed by atoms with Gasteiger partial charge in [-0.15, -0.1) is 0 Å². The maximum absolute atomic E-state index is 11.2. The van der Waals surface area contributed by atoms with E-state index in [1.165, 1.54) is 0 Å². The van der Waals surface area contributed by atoms with Crippen molar-refractivity contribution in [3.63, 3.8) is 0 Å². The number of Topliss-reactive ketones (excluding diaryl/α,β-unsaturated/α-hetero) is 2. The van der Waals surface area contributed by atoms with Crippen LogP contribution in [0.3, 0.4) is 0 Å². The van der Waals surface area contributed by atoms with E-state index in [-0.39, 0.29) is 11.6 Å². The molecule has 2 bridgehead atoms. The second-order valence-corrected chi connectivity index (χ2v) is 2.89. The molecule has 0 aliphatic carbocycles. The predicted octanol–water partition coefficient (Wildman–Crippen LogP) is 0.0979. The fourth-order valence-corrected chi connectivity index (χ4v) is 1.41. The molecule has 1 fully saturated rings. The molecular weight excluding hydrogens is 144 g/mol. The lowest BCUT2D eigenvalue weighted by Gasteiger charge is -2.22. The summed E-state index contributed by atoms with van der Waals surface area (Å²) in [5, 5.41) is 0. The molecule has 0 aromatic heterocycles. The molecule has 0 radical (unpaired) electrons. The van der Waals surface area contributed by atoms with Crippen LogP contribution in [0.2, 0.25) is 0 Å². The third kappa shape index (κ3) is 0.775. The summed E-state index contributed by atoms with van der Waals surface area (Å²) in [4.78, 5) is 22.4. The van der Waals surface area contributed by atoms with E-state index in [0.717, 1.165) is 0 Å². The van der Waals surface area contributed by atoms with Crippen LogP contribution in [0.15, 0.2) is 12.2 Å². The Kier molecular flexibility index (Phi) is 1.23. The van der Waals surface area contributed by atoms with Crippen molar-refractivity contribution in [2.24, 2.45) is 5.92 Å². The molecule has 0 saturated carbocycles. The Morgan fingerprint density at radius 3 is 2.09 bits per heavy atom. The second-order valence-electron chi connectivity index (χ2n) is 2.89. The van der Waals surface area contributed by atoms with Crippen molar-refractivity contribution in [2.75, 3.05) is 0 Å². The highest BCUT2D eigenvalue weighted by atomic mass is 16.5. The van der Waals surface area contributed by atoms with Crippen LogP contribution in [0.5, 0.6) is 0 Å². The van der Waals surface area contributed by atoms with E-state index < -0.39 is 18.1 Å². The minimum Gasteiger partial charge on any atom is -0.351 e. The third-order valence-electron chi connectivity index (χ3n) is 2.17. The molecule has 1 saturated heterocycles. The van der Waals surface area contributed by atoms with E-state index in [2.05, 4.69) is 0 Å². The van der Waals surface area contributed by atoms with E-state index >= 15 is 0 Å². The topological polar surface area (TPSA) is 43.4 Å². The number of carbonyl (C=O) groups excluding carboxylic acids is 2. The number of fused-ring (bicyclic) bond motifs is 2. The maximum Gasteiger partial charge on any atom is 0.175 e. The van der Waals surface area contributed by atoms with Crippen LogP contribution in [-0.4, -0.2) is 23.8 Å². The normalized spacial score (nSPS) is 41.7. The average Bonchev–Trinajstić information content (AvgIpc) is 2.44. The molecule has 0 aromatic rings. The van der Waals surface area contributed by atoms with Crippen LogP contribution in [0.25, 0.3) is 0 Å². The zero-order chi connectivity index (χ0) is 8.01. The fraction of sp³-hybridized carbons (Fsp3) is 0.500. The molecule has 0 amide bonds. The van der Waals surface area contributed by atoms with Crippen LogP contribution >= 0.6 is 0 Å². The zero-order valence-corrected chi connectivity index (χ0v) is 6.11. The van der Waals surface area contributed by atoms with Crippen LogP contribution in [0, 0.1) is 5.92 Å². The maximum atomic E-state index is 11.2. The number of ketones is 2. The lowest BCUT2D eigenvalue weighted by Crippen LogP contribution is -2.42. The van der Waals surface area contributed by atoms with Crippen molar-refractivity contribution in [1.29, 1.82) is 0 Å². The molecule has 0 spiro atoms. The van der Waals surface area contributed by atoms with E-state index in [1.807, 2.05) is 0 Å². The third-order valence-corrected chi connectivity index (χ3v) is 2.17. The SMILES string of the molecule is CC1C(=O)[C@@H]2C=C[C@@H](O2)C1=O. The van der Waals surface area contributed by atoms with Gasteiger partial charge < -0.3 is 4.74 Å². The number of carbonyl (C=O) groups is 2. The van der Waals surface area contributed by atoms with E-state index in [0.29, 0.717) is 0 Å². The second kappa shape index (κ2) is 2.01. The van der Waals surface area contributed by atoms with Crippen molar-refractivity contribution < 1.29 is 14.3 Å². The zero-order valence-electron chi connectivity index (χ0n) is 6.11. The lowest BCUT2D eigenvalue weighted by molar-refractivity contribution is -0.151. The number of hydrogen-bond acceptors (Lipinski definition) is 3. The van der Waals surface area contributed by atoms with Gasteiger partial charge in [-0.1, -0.05) is 0 Å². The first-order valence-electron chi connectivity index (χ1n) is 3.61. The highest BCUT2D eigenvalue weighted by Crippen LogP contribution is 2.25. The standard InChI is InChI=1S/C8H8O3/c1-4-7(9)5-2-3-6(11-5)8(4)10/h2-6H,1H3/t4?,5-,6+. The highest BCUT2D eigenvalue weighted by molar-refractivity contribution is 6.10. The first-order valence-corrected chi connectivity index (χ1v) is 3.61. The summed E-state index contributed by atoms with van der Waals surface area (Å²) in [7, 11) is 0. The Balaban J connectivity index is 2.36. The van der Waals surface area contributed by atoms with Gasteiger partial charge in [0.05, 0.1) is 5.92 Å². The summed E-state index contributed by atoms with van der Waals surface area (Å²) in [6, 6.07) is 0. The monoisotopic (exact) mass is 152 g/mol. The molecular formula is C8H8O3. The van der Waals surface area contributed by atoms with Crippen molar-refractivity contribution in [3.8, 4) is 0 Å². The van der Waals surface area contributed by atoms with Gasteiger partial charge in [0.15, 0.2) is 11.6 Å². The summed E-state index contributed by atoms with van der Waals surface area (Å²) in [5.74, 6) is -0.700. The Labute approximate surface area is 64.0 Å². The number of rotatable bonds is 0. The van der Waals surface area contributed by atoms with Gasteiger partial charge in [0.25, 0.3) is 0 Å². The number of hydrogen-bond donors (Lipinski definition) is 0. The number of ether oxygens (including phenoxy) is 1. The largest absolute Gasteiger partial charge is 0.351 e. The first kappa shape index (κ1) is 6.73. The summed E-state index contributed by atoms with van der Waals surface area (Å²) in [5.41, 5.74) is 0. The van der Waals surface area contributed by atoms with Gasteiger partial charge in [-0.05, 0) is 19.1 Å². The first-order chi connectivity index (χ1) is 5.20. The fourth-order valence-electron chi connectivity index (χ4n) is 1.41. The van der Waals surface area contributed by atoms with E-state index in [1.54, 1.807) is 19.1 Å². The van der Waals surface area contributed by atoms with E-state index in [4.69, 9.17) is 4.74 Å². The van der Waals surface area contributed by atoms with Gasteiger partial charge in [-0.25, -0.2) is 0 Å². The molecule has 58 valence electrons. The summed E-state index contributed by atoms with van der Waals surface area (Å²) < 4.78 is 5.08. The van der Waals surface area contributed by atoms with Crippen LogP contribution in [0.1, 0.15) is 6.92 Å². The Morgan fingerprint density at radius 2 is 1.64 bits per heavy atom. The van der Waals surface area contributed by atoms with E-state index in [9.17, 15) is 9.59 Å². The molecule has 1 unspecified atom stereocenters. The Morgan fingerprint density at radius 1 is 1.18 bits per heavy atom. The van der Waals surface area contributed by atoms with Crippen LogP contribution in [0.4, 0.5) is 0 Å². The quantitative estimate of drug-likeness (QED) is 0.365. The highest BCUT2D eigenvalue weighted by Gasteiger charge is 2.42. The van der Waals surface area contributed by atoms with Crippen LogP contribution < -0.4 is 0 Å². The Bertz CT molecular complexity index is 230. The van der Waals surface area contributed by atoms with Gasteiger partial charge in [0, 0.05) is 0 Å². The summed E-state index contributed by atoms with van der Waals surface area (Å²) >= 11 is 0. The van der Waals surface area contributed by atoms with Crippen molar-refractivity contribution in [1.82, 2.24) is 0 Å². The molecule has 3 heteroatoms. The molecule has 11 heavy (non-hydrogen) atoms. The average molecular weight is 152 g/mol. The molecule has 0 aromatic carbocycles. The molecule has 2 rings (SSSR count). The predicted molar refractivity (Wildman–Crippen MR) is 37.0 cm³/mol. The van der Waals surface area contributed by atoms with Crippen molar-refractivity contribution >= 4 is 11.6 Å². The van der Waals surface area contributed by atoms with Gasteiger partial charge in [0.1, 0.15) is 12.2 Å². The van der Waals surface area contributed by atoms with Crippen molar-refractivity contribution in [2.45, 2.75) is 19.1 Å². The van der Waals surface area contributed by atoms with Gasteiger partial charge in [-0.2, -0.15) is 0 Å². The molecule has 2 aliphatic heterocycles. The summed E-state index contributed by atoms with van der Waals surface area (Å²) in [6.45, 7) is 1.64. The molecule has 0 N–H and O–H groups in total. The van der Waals surface area contributed by atoms with Gasteiger partial charge in [-0.3, -0.25) is 9.59 Å². The molecule has 3 nitrogen and oxygen atoms in total. The van der Waals surface area contributed by atoms with Crippen LogP contribution in [-0.2, 0) is 14.3 Å². The smallest absolute Gasteiger partial charge is 0.175 e. The minimum atomic E-state index is -0.478. The molecule has 3 atom stereocenters. The molecule has 2 heterocycles. The van der Waals surface area contributed by atoms with Gasteiger partial charge in [0.2, 0.25) is 0 Å². The minimum absolute atomic E-state index is 0.111. The van der Waals surface area contributed by atoms with Crippen molar-refractivity contribution in [3.05, 3.63) is 12.2 Å². The lowest BCUT2D eigenvalue weighted by atomic mass is 9.94. The molecule has 2 aliphatic rings. The Hall–Kier alpha value is -0.960. The van der Waals surface area contributed by atoms with Gasteiger partial charge >= 0.3 is 0 Å². The summed E-state index contributed by atoms with van der Waals surface area (Å²) in [6.07, 6.45) is 2.42.